The molecule has 0 aliphatic carbocycles. The van der Waals surface area contributed by atoms with Gasteiger partial charge < -0.3 is 10.5 Å². The molecule has 1 aromatic rings. The number of hydrogen-bond donors (Lipinski definition) is 1. The van der Waals surface area contributed by atoms with E-state index in [1.165, 1.54) is 11.1 Å². The van der Waals surface area contributed by atoms with E-state index in [2.05, 4.69) is 35.0 Å². The topological polar surface area (TPSA) is 35.2 Å². The summed E-state index contributed by atoms with van der Waals surface area (Å²) in [6, 6.07) is 4.23. The van der Waals surface area contributed by atoms with Crippen LogP contribution in [0.2, 0.25) is 0 Å². The Morgan fingerprint density at radius 2 is 2.00 bits per heavy atom. The summed E-state index contributed by atoms with van der Waals surface area (Å²) >= 11 is 3.52. The fraction of sp³-hybridized carbons (Fsp3) is 0.500. The molecule has 0 fully saturated rings. The molecule has 0 spiro atoms. The molecule has 0 amide bonds. The Kier molecular flexibility index (Phi) is 5.12. The van der Waals surface area contributed by atoms with Crippen LogP contribution in [0.1, 0.15) is 24.5 Å². The van der Waals surface area contributed by atoms with Crippen LogP contribution in [0.5, 0.6) is 5.75 Å². The minimum atomic E-state index is 0.719. The quantitative estimate of drug-likeness (QED) is 0.894. The van der Waals surface area contributed by atoms with Crippen molar-refractivity contribution in [2.45, 2.75) is 26.2 Å². The molecule has 3 heteroatoms. The average Bonchev–Trinajstić information content (AvgIpc) is 2.25. The van der Waals surface area contributed by atoms with Gasteiger partial charge in [-0.1, -0.05) is 22.9 Å². The Morgan fingerprint density at radius 1 is 1.33 bits per heavy atom. The van der Waals surface area contributed by atoms with Gasteiger partial charge in [-0.2, -0.15) is 0 Å². The minimum absolute atomic E-state index is 0.719. The van der Waals surface area contributed by atoms with Gasteiger partial charge in [-0.25, -0.2) is 0 Å². The Labute approximate surface area is 99.9 Å². The zero-order valence-electron chi connectivity index (χ0n) is 9.35. The molecule has 2 nitrogen and oxygen atoms in total. The zero-order chi connectivity index (χ0) is 11.3. The van der Waals surface area contributed by atoms with E-state index in [4.69, 9.17) is 10.5 Å². The lowest BCUT2D eigenvalue weighted by Gasteiger charge is -2.13. The molecular weight excluding hydrogens is 254 g/mol. The van der Waals surface area contributed by atoms with Crippen molar-refractivity contribution in [1.82, 2.24) is 0 Å². The summed E-state index contributed by atoms with van der Waals surface area (Å²) in [6.07, 6.45) is 2.96. The molecule has 0 saturated heterocycles. The monoisotopic (exact) mass is 271 g/mol. The highest BCUT2D eigenvalue weighted by molar-refractivity contribution is 9.10. The molecule has 0 radical (unpaired) electrons. The van der Waals surface area contributed by atoms with E-state index in [1.807, 2.05) is 0 Å². The van der Waals surface area contributed by atoms with Crippen LogP contribution in [0.25, 0.3) is 0 Å². The first-order valence-corrected chi connectivity index (χ1v) is 6.07. The predicted molar refractivity (Wildman–Crippen MR) is 67.4 cm³/mol. The van der Waals surface area contributed by atoms with Crippen molar-refractivity contribution in [3.05, 3.63) is 27.7 Å². The number of methoxy groups -OCH3 is 1. The minimum Gasteiger partial charge on any atom is -0.496 e. The summed E-state index contributed by atoms with van der Waals surface area (Å²) in [5.74, 6) is 1.02. The van der Waals surface area contributed by atoms with Crippen LogP contribution in [-0.4, -0.2) is 13.7 Å². The van der Waals surface area contributed by atoms with E-state index in [0.717, 1.165) is 36.0 Å². The fourth-order valence-corrected chi connectivity index (χ4v) is 2.27. The average molecular weight is 272 g/mol. The molecule has 84 valence electrons. The molecule has 0 aromatic heterocycles. The van der Waals surface area contributed by atoms with Gasteiger partial charge in [-0.15, -0.1) is 0 Å². The standard InChI is InChI=1S/C12H18BrNO/c1-3-9-7-11(13)8-10(5-4-6-14)12(9)15-2/h7-8H,3-6,14H2,1-2H3. The second-order valence-corrected chi connectivity index (χ2v) is 4.42. The van der Waals surface area contributed by atoms with E-state index < -0.39 is 0 Å². The highest BCUT2D eigenvalue weighted by atomic mass is 79.9. The SMILES string of the molecule is CCc1cc(Br)cc(CCCN)c1OC. The molecule has 0 unspecified atom stereocenters. The van der Waals surface area contributed by atoms with Crippen LogP contribution in [-0.2, 0) is 12.8 Å². The fourth-order valence-electron chi connectivity index (χ4n) is 1.71. The van der Waals surface area contributed by atoms with E-state index >= 15 is 0 Å². The van der Waals surface area contributed by atoms with Gasteiger partial charge in [-0.3, -0.25) is 0 Å². The number of aryl methyl sites for hydroxylation is 2. The summed E-state index contributed by atoms with van der Waals surface area (Å²) in [4.78, 5) is 0. The first-order valence-electron chi connectivity index (χ1n) is 5.28. The highest BCUT2D eigenvalue weighted by Gasteiger charge is 2.09. The second-order valence-electron chi connectivity index (χ2n) is 3.50. The number of benzene rings is 1. The van der Waals surface area contributed by atoms with Crippen molar-refractivity contribution in [2.75, 3.05) is 13.7 Å². The summed E-state index contributed by atoms with van der Waals surface area (Å²) in [6.45, 7) is 2.86. The van der Waals surface area contributed by atoms with Gasteiger partial charge in [0.2, 0.25) is 0 Å². The Bertz CT molecular complexity index is 326. The number of nitrogens with two attached hydrogens (primary N) is 1. The van der Waals surface area contributed by atoms with Crippen molar-refractivity contribution in [2.24, 2.45) is 5.73 Å². The lowest BCUT2D eigenvalue weighted by Crippen LogP contribution is -2.03. The van der Waals surface area contributed by atoms with Gasteiger partial charge in [0.15, 0.2) is 0 Å². The van der Waals surface area contributed by atoms with Crippen molar-refractivity contribution < 1.29 is 4.74 Å². The second kappa shape index (κ2) is 6.13. The number of ether oxygens (including phenoxy) is 1. The lowest BCUT2D eigenvalue weighted by atomic mass is 10.0. The molecule has 0 aliphatic rings. The van der Waals surface area contributed by atoms with E-state index in [9.17, 15) is 0 Å². The normalized spacial score (nSPS) is 10.4. The molecule has 0 heterocycles. The summed E-state index contributed by atoms with van der Waals surface area (Å²) in [5, 5.41) is 0. The maximum absolute atomic E-state index is 5.52. The van der Waals surface area contributed by atoms with Crippen LogP contribution in [0.4, 0.5) is 0 Å². The largest absolute Gasteiger partial charge is 0.496 e. The lowest BCUT2D eigenvalue weighted by molar-refractivity contribution is 0.404. The summed E-state index contributed by atoms with van der Waals surface area (Å²) in [5.41, 5.74) is 8.02. The van der Waals surface area contributed by atoms with Crippen LogP contribution in [0.3, 0.4) is 0 Å². The van der Waals surface area contributed by atoms with Gasteiger partial charge in [-0.05, 0) is 49.1 Å². The highest BCUT2D eigenvalue weighted by Crippen LogP contribution is 2.29. The molecule has 0 aliphatic heterocycles. The van der Waals surface area contributed by atoms with Gasteiger partial charge in [0, 0.05) is 4.47 Å². The molecule has 15 heavy (non-hydrogen) atoms. The molecular formula is C12H18BrNO. The van der Waals surface area contributed by atoms with Gasteiger partial charge in [0.05, 0.1) is 7.11 Å². The third kappa shape index (κ3) is 3.21. The van der Waals surface area contributed by atoms with Crippen molar-refractivity contribution in [3.63, 3.8) is 0 Å². The molecule has 0 bridgehead atoms. The first kappa shape index (κ1) is 12.5. The molecule has 1 rings (SSSR count). The van der Waals surface area contributed by atoms with E-state index in [1.54, 1.807) is 7.11 Å². The number of rotatable bonds is 5. The molecule has 1 aromatic carbocycles. The maximum Gasteiger partial charge on any atom is 0.125 e. The molecule has 0 saturated carbocycles. The first-order chi connectivity index (χ1) is 7.22. The maximum atomic E-state index is 5.52. The molecule has 0 atom stereocenters. The predicted octanol–water partition coefficient (Wildman–Crippen LogP) is 2.91. The zero-order valence-corrected chi connectivity index (χ0v) is 10.9. The van der Waals surface area contributed by atoms with Crippen LogP contribution < -0.4 is 10.5 Å². The van der Waals surface area contributed by atoms with Gasteiger partial charge in [0.25, 0.3) is 0 Å². The van der Waals surface area contributed by atoms with Crippen LogP contribution in [0.15, 0.2) is 16.6 Å². The van der Waals surface area contributed by atoms with Crippen molar-refractivity contribution >= 4 is 15.9 Å². The van der Waals surface area contributed by atoms with E-state index in [-0.39, 0.29) is 0 Å². The van der Waals surface area contributed by atoms with Gasteiger partial charge >= 0.3 is 0 Å². The Balaban J connectivity index is 3.05. The van der Waals surface area contributed by atoms with Crippen LogP contribution in [0, 0.1) is 0 Å². The third-order valence-corrected chi connectivity index (χ3v) is 2.90. The summed E-state index contributed by atoms with van der Waals surface area (Å²) in [7, 11) is 1.73. The summed E-state index contributed by atoms with van der Waals surface area (Å²) < 4.78 is 6.58. The van der Waals surface area contributed by atoms with Crippen molar-refractivity contribution in [1.29, 1.82) is 0 Å². The van der Waals surface area contributed by atoms with Crippen molar-refractivity contribution in [3.8, 4) is 5.75 Å². The third-order valence-electron chi connectivity index (χ3n) is 2.44. The Hall–Kier alpha value is -0.540. The molecule has 2 N–H and O–H groups in total. The Morgan fingerprint density at radius 3 is 2.53 bits per heavy atom. The van der Waals surface area contributed by atoms with E-state index in [0.29, 0.717) is 0 Å². The van der Waals surface area contributed by atoms with Crippen LogP contribution >= 0.6 is 15.9 Å². The number of halogens is 1. The number of hydrogen-bond acceptors (Lipinski definition) is 2. The van der Waals surface area contributed by atoms with Gasteiger partial charge in [0.1, 0.15) is 5.75 Å². The smallest absolute Gasteiger partial charge is 0.125 e.